The number of thioether (sulfide) groups is 1. The maximum atomic E-state index is 12.0. The van der Waals surface area contributed by atoms with Crippen molar-refractivity contribution in [2.45, 2.75) is 31.3 Å². The molecule has 1 aromatic rings. The van der Waals surface area contributed by atoms with Gasteiger partial charge in [-0.25, -0.2) is 0 Å². The van der Waals surface area contributed by atoms with E-state index in [0.29, 0.717) is 17.6 Å². The minimum atomic E-state index is -0.0390. The first-order valence-corrected chi connectivity index (χ1v) is 9.06. The summed E-state index contributed by atoms with van der Waals surface area (Å²) < 4.78 is 4.21. The molecule has 0 aliphatic carbocycles. The molecule has 118 valence electrons. The van der Waals surface area contributed by atoms with E-state index in [1.165, 1.54) is 11.5 Å². The lowest BCUT2D eigenvalue weighted by Crippen LogP contribution is -2.31. The SMILES string of the molecule is CCCSc1nsc(NC(=O)CN2CCC(CCO)C2)n1. The molecule has 0 aromatic carbocycles. The summed E-state index contributed by atoms with van der Waals surface area (Å²) >= 11 is 2.84. The Balaban J connectivity index is 1.73. The van der Waals surface area contributed by atoms with Crippen molar-refractivity contribution in [2.24, 2.45) is 5.92 Å². The number of carbonyl (C=O) groups excluding carboxylic acids is 1. The highest BCUT2D eigenvalue weighted by Gasteiger charge is 2.23. The van der Waals surface area contributed by atoms with Crippen molar-refractivity contribution in [1.29, 1.82) is 0 Å². The van der Waals surface area contributed by atoms with E-state index in [0.717, 1.165) is 43.3 Å². The second kappa shape index (κ2) is 8.67. The Hall–Kier alpha value is -0.700. The van der Waals surface area contributed by atoms with Gasteiger partial charge in [0.15, 0.2) is 0 Å². The third-order valence-corrected chi connectivity index (χ3v) is 5.16. The van der Waals surface area contributed by atoms with Crippen molar-refractivity contribution in [1.82, 2.24) is 14.3 Å². The summed E-state index contributed by atoms with van der Waals surface area (Å²) in [5.74, 6) is 1.47. The number of hydrogen-bond acceptors (Lipinski definition) is 7. The quantitative estimate of drug-likeness (QED) is 0.706. The predicted molar refractivity (Wildman–Crippen MR) is 85.8 cm³/mol. The molecule has 1 fully saturated rings. The number of carbonyl (C=O) groups is 1. The van der Waals surface area contributed by atoms with Crippen LogP contribution >= 0.6 is 23.3 Å². The Morgan fingerprint density at radius 1 is 1.62 bits per heavy atom. The van der Waals surface area contributed by atoms with Crippen LogP contribution in [0.5, 0.6) is 0 Å². The number of likely N-dealkylation sites (tertiary alicyclic amines) is 1. The van der Waals surface area contributed by atoms with E-state index < -0.39 is 0 Å². The van der Waals surface area contributed by atoms with Gasteiger partial charge in [-0.2, -0.15) is 9.36 Å². The Kier molecular flexibility index (Phi) is 6.88. The largest absolute Gasteiger partial charge is 0.396 e. The van der Waals surface area contributed by atoms with Crippen molar-refractivity contribution >= 4 is 34.3 Å². The predicted octanol–water partition coefficient (Wildman–Crippen LogP) is 1.68. The zero-order valence-corrected chi connectivity index (χ0v) is 13.9. The van der Waals surface area contributed by atoms with Gasteiger partial charge in [0.25, 0.3) is 0 Å². The van der Waals surface area contributed by atoms with Crippen LogP contribution < -0.4 is 5.32 Å². The summed E-state index contributed by atoms with van der Waals surface area (Å²) in [4.78, 5) is 18.4. The van der Waals surface area contributed by atoms with E-state index in [9.17, 15) is 4.79 Å². The number of aromatic nitrogens is 2. The normalized spacial score (nSPS) is 19.0. The van der Waals surface area contributed by atoms with Gasteiger partial charge < -0.3 is 5.11 Å². The molecule has 1 aliphatic heterocycles. The standard InChI is InChI=1S/C13H22N4O2S2/c1-2-7-20-13-15-12(21-16-13)14-11(19)9-17-5-3-10(8-17)4-6-18/h10,18H,2-9H2,1H3,(H,14,15,16,19). The molecule has 2 rings (SSSR count). The average molecular weight is 330 g/mol. The molecular weight excluding hydrogens is 308 g/mol. The van der Waals surface area contributed by atoms with Crippen LogP contribution in [0.15, 0.2) is 5.16 Å². The first-order valence-electron chi connectivity index (χ1n) is 7.30. The summed E-state index contributed by atoms with van der Waals surface area (Å²) in [6.45, 7) is 4.54. The third kappa shape index (κ3) is 5.54. The van der Waals surface area contributed by atoms with Crippen LogP contribution in [0.4, 0.5) is 5.13 Å². The van der Waals surface area contributed by atoms with E-state index in [1.54, 1.807) is 11.8 Å². The molecule has 1 amide bonds. The lowest BCUT2D eigenvalue weighted by Gasteiger charge is -2.14. The average Bonchev–Trinajstić information content (AvgIpc) is 3.07. The van der Waals surface area contributed by atoms with Crippen molar-refractivity contribution in [2.75, 3.05) is 37.3 Å². The van der Waals surface area contributed by atoms with Crippen LogP contribution in [0.2, 0.25) is 0 Å². The molecule has 1 unspecified atom stereocenters. The number of aliphatic hydroxyl groups is 1. The van der Waals surface area contributed by atoms with E-state index in [4.69, 9.17) is 5.11 Å². The lowest BCUT2D eigenvalue weighted by atomic mass is 10.1. The molecule has 1 saturated heterocycles. The van der Waals surface area contributed by atoms with Crippen LogP contribution in [-0.2, 0) is 4.79 Å². The molecule has 8 heteroatoms. The first kappa shape index (κ1) is 16.7. The molecule has 1 atom stereocenters. The highest BCUT2D eigenvalue weighted by atomic mass is 32.2. The second-order valence-electron chi connectivity index (χ2n) is 5.18. The van der Waals surface area contributed by atoms with Crippen LogP contribution in [0.1, 0.15) is 26.2 Å². The first-order chi connectivity index (χ1) is 10.2. The van der Waals surface area contributed by atoms with E-state index in [1.807, 2.05) is 0 Å². The molecule has 21 heavy (non-hydrogen) atoms. The molecule has 0 saturated carbocycles. The molecule has 1 aliphatic rings. The van der Waals surface area contributed by atoms with Gasteiger partial charge in [0, 0.05) is 30.4 Å². The molecule has 2 N–H and O–H groups in total. The summed E-state index contributed by atoms with van der Waals surface area (Å²) in [7, 11) is 0. The van der Waals surface area contributed by atoms with Gasteiger partial charge in [-0.15, -0.1) is 0 Å². The Morgan fingerprint density at radius 2 is 2.48 bits per heavy atom. The molecular formula is C13H22N4O2S2. The topological polar surface area (TPSA) is 78.4 Å². The summed E-state index contributed by atoms with van der Waals surface area (Å²) in [5.41, 5.74) is 0. The highest BCUT2D eigenvalue weighted by Crippen LogP contribution is 2.21. The van der Waals surface area contributed by atoms with Gasteiger partial charge in [0.1, 0.15) is 0 Å². The maximum absolute atomic E-state index is 12.0. The lowest BCUT2D eigenvalue weighted by molar-refractivity contribution is -0.117. The fourth-order valence-corrected chi connectivity index (χ4v) is 3.76. The minimum absolute atomic E-state index is 0.0390. The van der Waals surface area contributed by atoms with Crippen LogP contribution in [0.25, 0.3) is 0 Å². The molecule has 2 heterocycles. The Bertz CT molecular complexity index is 455. The van der Waals surface area contributed by atoms with Gasteiger partial charge in [0.05, 0.1) is 6.54 Å². The molecule has 1 aromatic heterocycles. The van der Waals surface area contributed by atoms with E-state index in [-0.39, 0.29) is 12.5 Å². The van der Waals surface area contributed by atoms with Gasteiger partial charge in [-0.05, 0) is 31.7 Å². The number of aliphatic hydroxyl groups excluding tert-OH is 1. The van der Waals surface area contributed by atoms with Crippen LogP contribution in [0.3, 0.4) is 0 Å². The molecule has 0 bridgehead atoms. The zero-order chi connectivity index (χ0) is 15.1. The molecule has 0 spiro atoms. The Morgan fingerprint density at radius 3 is 3.24 bits per heavy atom. The maximum Gasteiger partial charge on any atom is 0.240 e. The van der Waals surface area contributed by atoms with Crippen molar-refractivity contribution in [3.8, 4) is 0 Å². The number of rotatable bonds is 8. The number of nitrogens with zero attached hydrogens (tertiary/aromatic N) is 3. The van der Waals surface area contributed by atoms with Crippen LogP contribution in [0, 0.1) is 5.92 Å². The fourth-order valence-electron chi connectivity index (χ4n) is 2.35. The Labute approximate surface area is 133 Å². The van der Waals surface area contributed by atoms with Crippen molar-refractivity contribution < 1.29 is 9.90 Å². The summed E-state index contributed by atoms with van der Waals surface area (Å²) in [5, 5.41) is 13.1. The molecule has 0 radical (unpaired) electrons. The van der Waals surface area contributed by atoms with Gasteiger partial charge in [-0.3, -0.25) is 15.0 Å². The summed E-state index contributed by atoms with van der Waals surface area (Å²) in [6.07, 6.45) is 2.96. The smallest absolute Gasteiger partial charge is 0.240 e. The van der Waals surface area contributed by atoms with Crippen molar-refractivity contribution in [3.63, 3.8) is 0 Å². The van der Waals surface area contributed by atoms with Crippen molar-refractivity contribution in [3.05, 3.63) is 0 Å². The fraction of sp³-hybridized carbons (Fsp3) is 0.769. The number of nitrogens with one attached hydrogen (secondary N) is 1. The van der Waals surface area contributed by atoms with Gasteiger partial charge in [-0.1, -0.05) is 18.7 Å². The number of hydrogen-bond donors (Lipinski definition) is 2. The zero-order valence-electron chi connectivity index (χ0n) is 12.2. The second-order valence-corrected chi connectivity index (χ2v) is 6.99. The van der Waals surface area contributed by atoms with E-state index >= 15 is 0 Å². The summed E-state index contributed by atoms with van der Waals surface area (Å²) in [6, 6.07) is 0. The molecule has 6 nitrogen and oxygen atoms in total. The highest BCUT2D eigenvalue weighted by molar-refractivity contribution is 7.99. The van der Waals surface area contributed by atoms with Crippen LogP contribution in [-0.4, -0.2) is 57.3 Å². The van der Waals surface area contributed by atoms with Gasteiger partial charge in [0.2, 0.25) is 16.2 Å². The monoisotopic (exact) mass is 330 g/mol. The third-order valence-electron chi connectivity index (χ3n) is 3.36. The number of anilines is 1. The van der Waals surface area contributed by atoms with E-state index in [2.05, 4.69) is 26.5 Å². The van der Waals surface area contributed by atoms with Gasteiger partial charge >= 0.3 is 0 Å². The minimum Gasteiger partial charge on any atom is -0.396 e. The number of amides is 1.